The summed E-state index contributed by atoms with van der Waals surface area (Å²) in [6, 6.07) is 7.80. The zero-order valence-corrected chi connectivity index (χ0v) is 18.0. The SMILES string of the molecule is CCOC(=O)C1=C(C)Nc2c(c(Nc3ccc(C)cc3)nc(=O)n2CCOC)C1C. The number of fused-ring (bicyclic) bond motifs is 1. The lowest BCUT2D eigenvalue weighted by atomic mass is 9.88. The van der Waals surface area contributed by atoms with Crippen molar-refractivity contribution in [2.45, 2.75) is 40.2 Å². The molecule has 1 aromatic carbocycles. The molecule has 3 rings (SSSR count). The van der Waals surface area contributed by atoms with Crippen LogP contribution in [0.3, 0.4) is 0 Å². The molecule has 1 atom stereocenters. The molecule has 8 nitrogen and oxygen atoms in total. The molecule has 0 aliphatic carbocycles. The molecule has 1 unspecified atom stereocenters. The third-order valence-corrected chi connectivity index (χ3v) is 5.12. The van der Waals surface area contributed by atoms with Crippen LogP contribution in [0.15, 0.2) is 40.3 Å². The van der Waals surface area contributed by atoms with Crippen LogP contribution in [-0.2, 0) is 20.8 Å². The topological polar surface area (TPSA) is 94.5 Å². The molecule has 1 aromatic heterocycles. The van der Waals surface area contributed by atoms with Crippen molar-refractivity contribution in [1.82, 2.24) is 9.55 Å². The first kappa shape index (κ1) is 21.6. The van der Waals surface area contributed by atoms with Crippen LogP contribution in [0, 0.1) is 6.92 Å². The summed E-state index contributed by atoms with van der Waals surface area (Å²) in [5, 5.41) is 6.49. The number of ether oxygens (including phenoxy) is 2. The fourth-order valence-electron chi connectivity index (χ4n) is 3.63. The van der Waals surface area contributed by atoms with E-state index in [1.165, 1.54) is 0 Å². The number of rotatable bonds is 7. The molecule has 0 spiro atoms. The highest BCUT2D eigenvalue weighted by Crippen LogP contribution is 2.41. The van der Waals surface area contributed by atoms with E-state index in [1.54, 1.807) is 18.6 Å². The minimum atomic E-state index is -0.396. The maximum Gasteiger partial charge on any atom is 0.351 e. The molecule has 1 aliphatic heterocycles. The minimum absolute atomic E-state index is 0.287. The minimum Gasteiger partial charge on any atom is -0.463 e. The van der Waals surface area contributed by atoms with E-state index in [4.69, 9.17) is 9.47 Å². The summed E-state index contributed by atoms with van der Waals surface area (Å²) in [7, 11) is 1.58. The molecule has 0 saturated heterocycles. The van der Waals surface area contributed by atoms with Crippen LogP contribution in [0.4, 0.5) is 17.3 Å². The Kier molecular flexibility index (Phi) is 6.56. The summed E-state index contributed by atoms with van der Waals surface area (Å²) in [4.78, 5) is 29.7. The lowest BCUT2D eigenvalue weighted by Gasteiger charge is -2.30. The second-order valence-corrected chi connectivity index (χ2v) is 7.25. The van der Waals surface area contributed by atoms with Gasteiger partial charge < -0.3 is 20.1 Å². The maximum absolute atomic E-state index is 12.8. The highest BCUT2D eigenvalue weighted by Gasteiger charge is 2.33. The average molecular weight is 412 g/mol. The number of esters is 1. The number of aromatic nitrogens is 2. The van der Waals surface area contributed by atoms with Crippen molar-refractivity contribution in [3.8, 4) is 0 Å². The largest absolute Gasteiger partial charge is 0.463 e. The zero-order chi connectivity index (χ0) is 21.8. The zero-order valence-electron chi connectivity index (χ0n) is 18.0. The average Bonchev–Trinajstić information content (AvgIpc) is 2.69. The summed E-state index contributed by atoms with van der Waals surface area (Å²) in [6.45, 7) is 8.50. The van der Waals surface area contributed by atoms with Crippen molar-refractivity contribution in [2.24, 2.45) is 0 Å². The number of nitrogens with zero attached hydrogens (tertiary/aromatic N) is 2. The lowest BCUT2D eigenvalue weighted by molar-refractivity contribution is -0.138. The number of allylic oxidation sites excluding steroid dienone is 1. The van der Waals surface area contributed by atoms with E-state index in [9.17, 15) is 9.59 Å². The molecular weight excluding hydrogens is 384 g/mol. The molecular formula is C22H28N4O4. The first-order valence-corrected chi connectivity index (χ1v) is 9.99. The van der Waals surface area contributed by atoms with Gasteiger partial charge in [-0.05, 0) is 32.9 Å². The normalized spacial score (nSPS) is 15.4. The molecule has 0 bridgehead atoms. The van der Waals surface area contributed by atoms with Crippen molar-refractivity contribution in [3.63, 3.8) is 0 Å². The van der Waals surface area contributed by atoms with Crippen LogP contribution in [0.5, 0.6) is 0 Å². The molecule has 1 aliphatic rings. The Hall–Kier alpha value is -3.13. The Bertz CT molecular complexity index is 1020. The van der Waals surface area contributed by atoms with Crippen molar-refractivity contribution >= 4 is 23.3 Å². The van der Waals surface area contributed by atoms with Gasteiger partial charge in [-0.2, -0.15) is 4.98 Å². The quantitative estimate of drug-likeness (QED) is 0.674. The van der Waals surface area contributed by atoms with Crippen LogP contribution in [0.2, 0.25) is 0 Å². The Morgan fingerprint density at radius 3 is 2.60 bits per heavy atom. The Balaban J connectivity index is 2.14. The summed E-state index contributed by atoms with van der Waals surface area (Å²) in [5.74, 6) is 0.327. The number of aryl methyl sites for hydroxylation is 1. The van der Waals surface area contributed by atoms with Gasteiger partial charge in [0.25, 0.3) is 0 Å². The number of carbonyl (C=O) groups is 1. The number of hydrogen-bond donors (Lipinski definition) is 2. The van der Waals surface area contributed by atoms with Gasteiger partial charge in [0.2, 0.25) is 0 Å². The highest BCUT2D eigenvalue weighted by atomic mass is 16.5. The highest BCUT2D eigenvalue weighted by molar-refractivity contribution is 5.94. The molecule has 30 heavy (non-hydrogen) atoms. The summed E-state index contributed by atoms with van der Waals surface area (Å²) >= 11 is 0. The smallest absolute Gasteiger partial charge is 0.351 e. The van der Waals surface area contributed by atoms with Gasteiger partial charge in [0.1, 0.15) is 11.6 Å². The van der Waals surface area contributed by atoms with Crippen LogP contribution in [0.25, 0.3) is 0 Å². The standard InChI is InChI=1S/C22H28N4O4/c1-6-30-21(27)17-14(3)18-19(24-16-9-7-13(2)8-10-16)25-22(28)26(11-12-29-5)20(18)23-15(17)4/h7-10,14,23H,6,11-12H2,1-5H3,(H,24,25,28). The van der Waals surface area contributed by atoms with Crippen molar-refractivity contribution in [2.75, 3.05) is 31.0 Å². The van der Waals surface area contributed by atoms with Gasteiger partial charge in [0.15, 0.2) is 0 Å². The fraction of sp³-hybridized carbons (Fsp3) is 0.409. The van der Waals surface area contributed by atoms with Gasteiger partial charge in [-0.1, -0.05) is 24.6 Å². The molecule has 2 aromatic rings. The number of carbonyl (C=O) groups excluding carboxylic acids is 1. The molecule has 0 radical (unpaired) electrons. The summed E-state index contributed by atoms with van der Waals surface area (Å²) in [5.41, 5.74) is 3.46. The molecule has 2 heterocycles. The predicted molar refractivity (Wildman–Crippen MR) is 116 cm³/mol. The van der Waals surface area contributed by atoms with Gasteiger partial charge in [-0.25, -0.2) is 9.59 Å². The second kappa shape index (κ2) is 9.13. The Morgan fingerprint density at radius 1 is 1.27 bits per heavy atom. The van der Waals surface area contributed by atoms with Crippen LogP contribution < -0.4 is 16.3 Å². The lowest BCUT2D eigenvalue weighted by Crippen LogP contribution is -2.33. The van der Waals surface area contributed by atoms with E-state index in [2.05, 4.69) is 15.6 Å². The molecule has 160 valence electrons. The van der Waals surface area contributed by atoms with Crippen molar-refractivity contribution in [1.29, 1.82) is 0 Å². The molecule has 0 fully saturated rings. The Morgan fingerprint density at radius 2 is 1.97 bits per heavy atom. The van der Waals surface area contributed by atoms with Gasteiger partial charge in [0, 0.05) is 30.0 Å². The first-order valence-electron chi connectivity index (χ1n) is 9.99. The van der Waals surface area contributed by atoms with E-state index in [1.807, 2.05) is 45.0 Å². The predicted octanol–water partition coefficient (Wildman–Crippen LogP) is 3.31. The maximum atomic E-state index is 12.8. The van der Waals surface area contributed by atoms with E-state index >= 15 is 0 Å². The molecule has 8 heteroatoms. The third kappa shape index (κ3) is 4.23. The molecule has 0 saturated carbocycles. The van der Waals surface area contributed by atoms with E-state index < -0.39 is 5.69 Å². The van der Waals surface area contributed by atoms with Crippen molar-refractivity contribution in [3.05, 3.63) is 57.1 Å². The van der Waals surface area contributed by atoms with E-state index in [0.717, 1.165) is 16.8 Å². The van der Waals surface area contributed by atoms with E-state index in [-0.39, 0.29) is 18.5 Å². The molecule has 0 amide bonds. The van der Waals surface area contributed by atoms with Gasteiger partial charge in [-0.3, -0.25) is 4.57 Å². The number of hydrogen-bond acceptors (Lipinski definition) is 7. The molecule has 2 N–H and O–H groups in total. The fourth-order valence-corrected chi connectivity index (χ4v) is 3.63. The summed E-state index contributed by atoms with van der Waals surface area (Å²) < 4.78 is 12.0. The number of nitrogens with one attached hydrogen (secondary N) is 2. The number of methoxy groups -OCH3 is 1. The Labute approximate surface area is 175 Å². The van der Waals surface area contributed by atoms with Gasteiger partial charge in [0.05, 0.1) is 25.3 Å². The van der Waals surface area contributed by atoms with E-state index in [0.29, 0.717) is 36.1 Å². The number of anilines is 3. The van der Waals surface area contributed by atoms with Gasteiger partial charge in [-0.15, -0.1) is 0 Å². The monoisotopic (exact) mass is 412 g/mol. The van der Waals surface area contributed by atoms with Crippen LogP contribution in [0.1, 0.15) is 37.8 Å². The first-order chi connectivity index (χ1) is 14.4. The summed E-state index contributed by atoms with van der Waals surface area (Å²) in [6.07, 6.45) is 0. The third-order valence-electron chi connectivity index (χ3n) is 5.12. The number of benzene rings is 1. The van der Waals surface area contributed by atoms with Gasteiger partial charge >= 0.3 is 11.7 Å². The van der Waals surface area contributed by atoms with Crippen molar-refractivity contribution < 1.29 is 14.3 Å². The van der Waals surface area contributed by atoms with Crippen LogP contribution >= 0.6 is 0 Å². The second-order valence-electron chi connectivity index (χ2n) is 7.25. The van der Waals surface area contributed by atoms with Crippen LogP contribution in [-0.4, -0.2) is 35.8 Å².